The molecule has 0 spiro atoms. The number of nitro groups is 1. The Morgan fingerprint density at radius 1 is 1.57 bits per heavy atom. The van der Waals surface area contributed by atoms with E-state index in [9.17, 15) is 20.0 Å². The van der Waals surface area contributed by atoms with Gasteiger partial charge in [0.2, 0.25) is 5.91 Å². The Morgan fingerprint density at radius 2 is 2.33 bits per heavy atom. The zero-order valence-electron chi connectivity index (χ0n) is 11.9. The number of carbonyl (C=O) groups is 1. The fraction of sp³-hybridized carbons (Fsp3) is 0.500. The first-order chi connectivity index (χ1) is 9.98. The molecule has 2 rings (SSSR count). The monoisotopic (exact) mass is 293 g/mol. The van der Waals surface area contributed by atoms with Crippen molar-refractivity contribution < 1.29 is 14.8 Å². The summed E-state index contributed by atoms with van der Waals surface area (Å²) in [6.45, 7) is 3.40. The van der Waals surface area contributed by atoms with Gasteiger partial charge in [-0.25, -0.2) is 0 Å². The van der Waals surface area contributed by atoms with Crippen molar-refractivity contribution in [3.63, 3.8) is 0 Å². The first kappa shape index (κ1) is 15.2. The molecule has 1 atom stereocenters. The normalized spacial score (nSPS) is 21.8. The van der Waals surface area contributed by atoms with Gasteiger partial charge in [-0.3, -0.25) is 14.9 Å². The minimum atomic E-state index is -0.618. The van der Waals surface area contributed by atoms with Crippen LogP contribution in [-0.4, -0.2) is 29.0 Å². The number of benzene rings is 1. The highest BCUT2D eigenvalue weighted by molar-refractivity contribution is 5.97. The van der Waals surface area contributed by atoms with E-state index in [1.807, 2.05) is 6.92 Å². The summed E-state index contributed by atoms with van der Waals surface area (Å²) in [5.41, 5.74) is -0.733. The number of nitrogens with zero attached hydrogens (tertiary/aromatic N) is 1. The fourth-order valence-corrected chi connectivity index (χ4v) is 2.66. The Morgan fingerprint density at radius 3 is 2.90 bits per heavy atom. The van der Waals surface area contributed by atoms with Crippen LogP contribution in [-0.2, 0) is 4.79 Å². The summed E-state index contributed by atoms with van der Waals surface area (Å²) in [6.07, 6.45) is 2.32. The molecule has 3 N–H and O–H groups in total. The zero-order chi connectivity index (χ0) is 15.5. The summed E-state index contributed by atoms with van der Waals surface area (Å²) >= 11 is 0. The van der Waals surface area contributed by atoms with E-state index in [2.05, 4.69) is 10.6 Å². The molecule has 7 nitrogen and oxygen atoms in total. The third-order valence-electron chi connectivity index (χ3n) is 4.06. The maximum absolute atomic E-state index is 12.5. The molecule has 1 aliphatic heterocycles. The number of nitro benzene ring substituents is 1. The number of nitrogens with one attached hydrogen (secondary N) is 2. The second-order valence-corrected chi connectivity index (χ2v) is 5.33. The number of phenols is 1. The molecule has 1 amide bonds. The molecule has 7 heteroatoms. The van der Waals surface area contributed by atoms with Crippen molar-refractivity contribution >= 4 is 17.3 Å². The van der Waals surface area contributed by atoms with Gasteiger partial charge in [-0.2, -0.15) is 0 Å². The average Bonchev–Trinajstić information content (AvgIpc) is 2.49. The molecule has 1 aromatic rings. The molecule has 21 heavy (non-hydrogen) atoms. The lowest BCUT2D eigenvalue weighted by molar-refractivity contribution is -0.384. The third kappa shape index (κ3) is 3.13. The Bertz CT molecular complexity index is 553. The predicted molar refractivity (Wildman–Crippen MR) is 78.2 cm³/mol. The van der Waals surface area contributed by atoms with Crippen molar-refractivity contribution in [1.29, 1.82) is 0 Å². The minimum absolute atomic E-state index is 0.112. The molecule has 1 fully saturated rings. The van der Waals surface area contributed by atoms with Crippen LogP contribution in [0.2, 0.25) is 0 Å². The second kappa shape index (κ2) is 6.09. The van der Waals surface area contributed by atoms with E-state index in [4.69, 9.17) is 0 Å². The van der Waals surface area contributed by atoms with Gasteiger partial charge in [-0.15, -0.1) is 0 Å². The van der Waals surface area contributed by atoms with Gasteiger partial charge in [-0.05, 0) is 37.9 Å². The maximum Gasteiger partial charge on any atom is 0.296 e. The summed E-state index contributed by atoms with van der Waals surface area (Å²) in [5, 5.41) is 26.2. The van der Waals surface area contributed by atoms with Gasteiger partial charge in [0.25, 0.3) is 5.69 Å². The number of amides is 1. The molecular formula is C14H19N3O4. The molecule has 0 bridgehead atoms. The van der Waals surface area contributed by atoms with Crippen LogP contribution in [0.15, 0.2) is 18.2 Å². The highest BCUT2D eigenvalue weighted by atomic mass is 16.6. The second-order valence-electron chi connectivity index (χ2n) is 5.33. The highest BCUT2D eigenvalue weighted by Gasteiger charge is 2.38. The summed E-state index contributed by atoms with van der Waals surface area (Å²) in [4.78, 5) is 22.9. The fourth-order valence-electron chi connectivity index (χ4n) is 2.66. The smallest absolute Gasteiger partial charge is 0.296 e. The number of hydrogen-bond donors (Lipinski definition) is 3. The van der Waals surface area contributed by atoms with Crippen LogP contribution in [0.1, 0.15) is 26.2 Å². The molecule has 1 heterocycles. The quantitative estimate of drug-likeness (QED) is 0.447. The van der Waals surface area contributed by atoms with Crippen LogP contribution in [0.3, 0.4) is 0 Å². The van der Waals surface area contributed by atoms with Crippen LogP contribution in [0.25, 0.3) is 0 Å². The molecule has 1 aromatic carbocycles. The van der Waals surface area contributed by atoms with Crippen molar-refractivity contribution in [3.05, 3.63) is 28.3 Å². The molecule has 0 aromatic heterocycles. The molecular weight excluding hydrogens is 274 g/mol. The number of piperidine rings is 1. The van der Waals surface area contributed by atoms with Crippen LogP contribution in [0, 0.1) is 15.5 Å². The Balaban J connectivity index is 2.24. The van der Waals surface area contributed by atoms with Gasteiger partial charge in [-0.1, -0.05) is 6.92 Å². The minimum Gasteiger partial charge on any atom is -0.508 e. The van der Waals surface area contributed by atoms with E-state index >= 15 is 0 Å². The van der Waals surface area contributed by atoms with Gasteiger partial charge in [0, 0.05) is 6.54 Å². The first-order valence-electron chi connectivity index (χ1n) is 6.98. The Kier molecular flexibility index (Phi) is 4.42. The van der Waals surface area contributed by atoms with E-state index in [0.717, 1.165) is 25.5 Å². The van der Waals surface area contributed by atoms with E-state index in [1.54, 1.807) is 0 Å². The number of hydrogen-bond acceptors (Lipinski definition) is 5. The highest BCUT2D eigenvalue weighted by Crippen LogP contribution is 2.34. The molecule has 0 saturated carbocycles. The van der Waals surface area contributed by atoms with Crippen molar-refractivity contribution in [2.45, 2.75) is 26.2 Å². The molecule has 0 radical (unpaired) electrons. The van der Waals surface area contributed by atoms with Crippen LogP contribution in [0.4, 0.5) is 11.4 Å². The van der Waals surface area contributed by atoms with Crippen molar-refractivity contribution in [2.24, 2.45) is 5.41 Å². The van der Waals surface area contributed by atoms with E-state index < -0.39 is 10.3 Å². The largest absolute Gasteiger partial charge is 0.508 e. The van der Waals surface area contributed by atoms with E-state index in [0.29, 0.717) is 13.0 Å². The van der Waals surface area contributed by atoms with Gasteiger partial charge in [0.1, 0.15) is 11.4 Å². The lowest BCUT2D eigenvalue weighted by Crippen LogP contribution is -2.47. The number of rotatable bonds is 4. The summed E-state index contributed by atoms with van der Waals surface area (Å²) in [6, 6.07) is 3.71. The topological polar surface area (TPSA) is 104 Å². The molecule has 1 saturated heterocycles. The number of phenolic OH excluding ortho intramolecular Hbond substituents is 1. The molecule has 1 aliphatic rings. The average molecular weight is 293 g/mol. The van der Waals surface area contributed by atoms with Crippen molar-refractivity contribution in [2.75, 3.05) is 18.4 Å². The lowest BCUT2D eigenvalue weighted by atomic mass is 9.77. The first-order valence-corrected chi connectivity index (χ1v) is 6.98. The van der Waals surface area contributed by atoms with Gasteiger partial charge >= 0.3 is 0 Å². The van der Waals surface area contributed by atoms with Crippen molar-refractivity contribution in [1.82, 2.24) is 5.32 Å². The van der Waals surface area contributed by atoms with Crippen LogP contribution >= 0.6 is 0 Å². The van der Waals surface area contributed by atoms with E-state index in [-0.39, 0.29) is 23.0 Å². The predicted octanol–water partition coefficient (Wildman–Crippen LogP) is 2.02. The Hall–Kier alpha value is -2.15. The SMILES string of the molecule is CCC1(C(=O)Nc2ccc(O)cc2[N+](=O)[O-])CCCNC1. The molecule has 114 valence electrons. The zero-order valence-corrected chi connectivity index (χ0v) is 11.9. The Labute approximate surface area is 122 Å². The van der Waals surface area contributed by atoms with Crippen LogP contribution < -0.4 is 10.6 Å². The summed E-state index contributed by atoms with van der Waals surface area (Å²) in [5.74, 6) is -0.421. The summed E-state index contributed by atoms with van der Waals surface area (Å²) < 4.78 is 0. The molecule has 1 unspecified atom stereocenters. The van der Waals surface area contributed by atoms with E-state index in [1.165, 1.54) is 12.1 Å². The van der Waals surface area contributed by atoms with Crippen molar-refractivity contribution in [3.8, 4) is 5.75 Å². The van der Waals surface area contributed by atoms with Gasteiger partial charge < -0.3 is 15.7 Å². The number of aromatic hydroxyl groups is 1. The lowest BCUT2D eigenvalue weighted by Gasteiger charge is -2.35. The van der Waals surface area contributed by atoms with Gasteiger partial charge in [0.05, 0.1) is 16.4 Å². The van der Waals surface area contributed by atoms with Crippen LogP contribution in [0.5, 0.6) is 5.75 Å². The maximum atomic E-state index is 12.5. The summed E-state index contributed by atoms with van der Waals surface area (Å²) in [7, 11) is 0. The standard InChI is InChI=1S/C14H19N3O4/c1-2-14(6-3-7-15-9-14)13(19)16-11-5-4-10(18)8-12(11)17(20)21/h4-5,8,15,18H,2-3,6-7,9H2,1H3,(H,16,19). The number of carbonyl (C=O) groups excluding carboxylic acids is 1. The van der Waals surface area contributed by atoms with Gasteiger partial charge in [0.15, 0.2) is 0 Å². The number of anilines is 1. The molecule has 0 aliphatic carbocycles. The third-order valence-corrected chi connectivity index (χ3v) is 4.06.